The monoisotopic (exact) mass is 296 g/mol. The molecule has 2 saturated heterocycles. The van der Waals surface area contributed by atoms with Crippen LogP contribution < -0.4 is 0 Å². The minimum Gasteiger partial charge on any atom is -0.343 e. The summed E-state index contributed by atoms with van der Waals surface area (Å²) in [7, 11) is 3.33. The van der Waals surface area contributed by atoms with Crippen LogP contribution in [0.1, 0.15) is 13.8 Å². The van der Waals surface area contributed by atoms with Gasteiger partial charge in [-0.25, -0.2) is 0 Å². The fraction of sp³-hybridized carbons (Fsp3) is 0.786. The SMILES string of the molecule is C[C@H]([C@H](C)N1CC(=O)N(C)C(=O)C1)N1CCN(C)C(=O)C1. The molecule has 0 saturated carbocycles. The van der Waals surface area contributed by atoms with Gasteiger partial charge in [0.25, 0.3) is 0 Å². The molecule has 7 heteroatoms. The molecule has 0 spiro atoms. The van der Waals surface area contributed by atoms with Crippen LogP contribution in [-0.4, -0.2) is 96.2 Å². The zero-order valence-electron chi connectivity index (χ0n) is 13.2. The van der Waals surface area contributed by atoms with Crippen LogP contribution in [-0.2, 0) is 14.4 Å². The Morgan fingerprint density at radius 3 is 1.76 bits per heavy atom. The van der Waals surface area contributed by atoms with Crippen LogP contribution >= 0.6 is 0 Å². The Morgan fingerprint density at radius 1 is 0.762 bits per heavy atom. The van der Waals surface area contributed by atoms with E-state index in [4.69, 9.17) is 0 Å². The van der Waals surface area contributed by atoms with Crippen molar-refractivity contribution in [3.05, 3.63) is 0 Å². The van der Waals surface area contributed by atoms with Gasteiger partial charge in [0.05, 0.1) is 19.6 Å². The molecule has 0 radical (unpaired) electrons. The second-order valence-corrected chi connectivity index (χ2v) is 6.02. The molecule has 0 aliphatic carbocycles. The van der Waals surface area contributed by atoms with E-state index in [0.717, 1.165) is 13.1 Å². The van der Waals surface area contributed by atoms with Crippen molar-refractivity contribution < 1.29 is 14.4 Å². The number of carbonyl (C=O) groups is 3. The predicted octanol–water partition coefficient (Wildman–Crippen LogP) is -1.16. The zero-order valence-corrected chi connectivity index (χ0v) is 13.2. The molecule has 2 aliphatic rings. The lowest BCUT2D eigenvalue weighted by Crippen LogP contribution is -2.61. The first-order valence-corrected chi connectivity index (χ1v) is 7.32. The van der Waals surface area contributed by atoms with E-state index in [1.165, 1.54) is 11.9 Å². The quantitative estimate of drug-likeness (QED) is 0.615. The minimum absolute atomic E-state index is 0.0443. The Hall–Kier alpha value is -1.47. The summed E-state index contributed by atoms with van der Waals surface area (Å²) < 4.78 is 0. The Bertz CT molecular complexity index is 436. The summed E-state index contributed by atoms with van der Waals surface area (Å²) in [4.78, 5) is 42.4. The molecule has 3 amide bonds. The smallest absolute Gasteiger partial charge is 0.243 e. The van der Waals surface area contributed by atoms with Crippen molar-refractivity contribution >= 4 is 17.7 Å². The first-order chi connectivity index (χ1) is 9.81. The van der Waals surface area contributed by atoms with Crippen LogP contribution in [0.4, 0.5) is 0 Å². The third-order valence-corrected chi connectivity index (χ3v) is 4.76. The number of imide groups is 1. The van der Waals surface area contributed by atoms with Gasteiger partial charge in [0.15, 0.2) is 0 Å². The maximum absolute atomic E-state index is 11.8. The normalized spacial score (nSPS) is 25.4. The summed E-state index contributed by atoms with van der Waals surface area (Å²) in [5, 5.41) is 0. The molecule has 2 atom stereocenters. The minimum atomic E-state index is -0.167. The molecular formula is C14H24N4O3. The van der Waals surface area contributed by atoms with E-state index in [1.54, 1.807) is 4.90 Å². The molecule has 2 rings (SSSR count). The zero-order chi connectivity index (χ0) is 15.7. The fourth-order valence-corrected chi connectivity index (χ4v) is 2.78. The summed E-state index contributed by atoms with van der Waals surface area (Å²) >= 11 is 0. The highest BCUT2D eigenvalue weighted by atomic mass is 16.2. The lowest BCUT2D eigenvalue weighted by Gasteiger charge is -2.43. The first-order valence-electron chi connectivity index (χ1n) is 7.32. The number of hydrogen-bond acceptors (Lipinski definition) is 5. The lowest BCUT2D eigenvalue weighted by atomic mass is 10.1. The van der Waals surface area contributed by atoms with Crippen molar-refractivity contribution in [1.29, 1.82) is 0 Å². The highest BCUT2D eigenvalue weighted by molar-refractivity contribution is 5.99. The number of likely N-dealkylation sites (N-methyl/N-ethyl adjacent to an activating group) is 2. The molecular weight excluding hydrogens is 272 g/mol. The molecule has 0 bridgehead atoms. The number of rotatable bonds is 3. The van der Waals surface area contributed by atoms with Gasteiger partial charge >= 0.3 is 0 Å². The van der Waals surface area contributed by atoms with Gasteiger partial charge in [0, 0.05) is 39.3 Å². The standard InChI is InChI=1S/C14H24N4O3/c1-10(17-6-5-15(3)12(19)7-17)11(2)18-8-13(20)16(4)14(21)9-18/h10-11H,5-9H2,1-4H3/t10-,11+/m1/s1. The van der Waals surface area contributed by atoms with Gasteiger partial charge in [-0.1, -0.05) is 0 Å². The van der Waals surface area contributed by atoms with Crippen molar-refractivity contribution in [3.63, 3.8) is 0 Å². The van der Waals surface area contributed by atoms with Crippen LogP contribution in [0, 0.1) is 0 Å². The molecule has 2 aliphatic heterocycles. The summed E-state index contributed by atoms with van der Waals surface area (Å²) in [5.41, 5.74) is 0. The van der Waals surface area contributed by atoms with Crippen LogP contribution in [0.5, 0.6) is 0 Å². The van der Waals surface area contributed by atoms with Gasteiger partial charge in [-0.3, -0.25) is 29.1 Å². The molecule has 0 unspecified atom stereocenters. The molecule has 0 aromatic carbocycles. The number of piperazine rings is 2. The molecule has 0 aromatic rings. The number of nitrogens with zero attached hydrogens (tertiary/aromatic N) is 4. The number of amides is 3. The summed E-state index contributed by atoms with van der Waals surface area (Å²) in [6.45, 7) is 6.53. The van der Waals surface area contributed by atoms with Crippen molar-refractivity contribution in [1.82, 2.24) is 19.6 Å². The second kappa shape index (κ2) is 6.11. The molecule has 118 valence electrons. The van der Waals surface area contributed by atoms with E-state index < -0.39 is 0 Å². The largest absolute Gasteiger partial charge is 0.343 e. The summed E-state index contributed by atoms with van der Waals surface area (Å²) in [5.74, 6) is -0.217. The van der Waals surface area contributed by atoms with E-state index in [1.807, 2.05) is 18.9 Å². The molecule has 7 nitrogen and oxygen atoms in total. The molecule has 0 N–H and O–H groups in total. The molecule has 21 heavy (non-hydrogen) atoms. The predicted molar refractivity (Wildman–Crippen MR) is 77.5 cm³/mol. The van der Waals surface area contributed by atoms with Gasteiger partial charge in [0.2, 0.25) is 17.7 Å². The first kappa shape index (κ1) is 15.9. The fourth-order valence-electron chi connectivity index (χ4n) is 2.78. The van der Waals surface area contributed by atoms with Gasteiger partial charge in [-0.05, 0) is 13.8 Å². The van der Waals surface area contributed by atoms with E-state index in [2.05, 4.69) is 11.8 Å². The third-order valence-electron chi connectivity index (χ3n) is 4.76. The molecule has 0 aromatic heterocycles. The van der Waals surface area contributed by atoms with Crippen molar-refractivity contribution in [2.75, 3.05) is 46.8 Å². The van der Waals surface area contributed by atoms with Gasteiger partial charge in [0.1, 0.15) is 0 Å². The third kappa shape index (κ3) is 3.24. The van der Waals surface area contributed by atoms with Crippen molar-refractivity contribution in [2.45, 2.75) is 25.9 Å². The number of hydrogen-bond donors (Lipinski definition) is 0. The van der Waals surface area contributed by atoms with Gasteiger partial charge in [-0.15, -0.1) is 0 Å². The van der Waals surface area contributed by atoms with E-state index in [9.17, 15) is 14.4 Å². The van der Waals surface area contributed by atoms with Crippen LogP contribution in [0.3, 0.4) is 0 Å². The molecule has 2 fully saturated rings. The van der Waals surface area contributed by atoms with Crippen LogP contribution in [0.25, 0.3) is 0 Å². The maximum Gasteiger partial charge on any atom is 0.243 e. The Kier molecular flexibility index (Phi) is 4.63. The van der Waals surface area contributed by atoms with Crippen molar-refractivity contribution in [3.8, 4) is 0 Å². The van der Waals surface area contributed by atoms with E-state index >= 15 is 0 Å². The Balaban J connectivity index is 1.99. The highest BCUT2D eigenvalue weighted by Gasteiger charge is 2.35. The van der Waals surface area contributed by atoms with Gasteiger partial charge < -0.3 is 4.90 Å². The number of carbonyl (C=O) groups excluding carboxylic acids is 3. The second-order valence-electron chi connectivity index (χ2n) is 6.02. The van der Waals surface area contributed by atoms with Crippen LogP contribution in [0.2, 0.25) is 0 Å². The summed E-state index contributed by atoms with van der Waals surface area (Å²) in [6, 6.07) is 0.162. The average Bonchev–Trinajstić information content (AvgIpc) is 2.45. The van der Waals surface area contributed by atoms with E-state index in [-0.39, 0.29) is 42.9 Å². The Morgan fingerprint density at radius 2 is 1.24 bits per heavy atom. The molecule has 2 heterocycles. The highest BCUT2D eigenvalue weighted by Crippen LogP contribution is 2.16. The maximum atomic E-state index is 11.8. The summed E-state index contributed by atoms with van der Waals surface area (Å²) in [6.07, 6.45) is 0. The van der Waals surface area contributed by atoms with Crippen LogP contribution in [0.15, 0.2) is 0 Å². The van der Waals surface area contributed by atoms with E-state index in [0.29, 0.717) is 6.54 Å². The van der Waals surface area contributed by atoms with Gasteiger partial charge in [-0.2, -0.15) is 0 Å². The lowest BCUT2D eigenvalue weighted by molar-refractivity contribution is -0.151. The topological polar surface area (TPSA) is 64.2 Å². The Labute approximate surface area is 125 Å². The van der Waals surface area contributed by atoms with Crippen molar-refractivity contribution in [2.24, 2.45) is 0 Å². The average molecular weight is 296 g/mol.